The van der Waals surface area contributed by atoms with Gasteiger partial charge in [-0.1, -0.05) is 32.0 Å². The molecule has 20 heavy (non-hydrogen) atoms. The van der Waals surface area contributed by atoms with Crippen molar-refractivity contribution < 1.29 is 9.53 Å². The van der Waals surface area contributed by atoms with E-state index in [9.17, 15) is 4.79 Å². The number of benzene rings is 1. The van der Waals surface area contributed by atoms with Gasteiger partial charge in [-0.25, -0.2) is 0 Å². The topological polar surface area (TPSA) is 31.2 Å². The smallest absolute Gasteiger partial charge is 0.310 e. The molecule has 0 fully saturated rings. The van der Waals surface area contributed by atoms with Gasteiger partial charge in [0.1, 0.15) is 0 Å². The van der Waals surface area contributed by atoms with Crippen LogP contribution in [0.5, 0.6) is 0 Å². The second-order valence-electron chi connectivity index (χ2n) is 5.23. The molecule has 1 unspecified atom stereocenters. The first-order valence-corrected chi connectivity index (χ1v) is 7.41. The van der Waals surface area contributed by atoms with Gasteiger partial charge in [0.2, 0.25) is 0 Å². The zero-order chi connectivity index (χ0) is 14.5. The normalized spacial score (nSPS) is 12.6. The molecule has 0 saturated heterocycles. The molecule has 0 aliphatic heterocycles. The second kappa shape index (κ2) is 6.60. The first kappa shape index (κ1) is 14.6. The van der Waals surface area contributed by atoms with Crippen LogP contribution in [0.2, 0.25) is 0 Å². The highest BCUT2D eigenvalue weighted by Crippen LogP contribution is 2.26. The summed E-state index contributed by atoms with van der Waals surface area (Å²) in [6, 6.07) is 8.68. The number of ether oxygens (including phenoxy) is 1. The van der Waals surface area contributed by atoms with Gasteiger partial charge in [0, 0.05) is 23.1 Å². The van der Waals surface area contributed by atoms with Crippen LogP contribution in [0.1, 0.15) is 45.2 Å². The molecule has 0 bridgehead atoms. The Balaban J connectivity index is 2.31. The van der Waals surface area contributed by atoms with Gasteiger partial charge in [-0.3, -0.25) is 4.79 Å². The Hall–Kier alpha value is -1.77. The van der Waals surface area contributed by atoms with E-state index in [1.807, 2.05) is 19.1 Å². The first-order chi connectivity index (χ1) is 9.67. The summed E-state index contributed by atoms with van der Waals surface area (Å²) in [5.74, 6) is -0.140. The number of fused-ring (bicyclic) bond motifs is 1. The van der Waals surface area contributed by atoms with Crippen molar-refractivity contribution in [1.29, 1.82) is 0 Å². The van der Waals surface area contributed by atoms with Gasteiger partial charge >= 0.3 is 5.97 Å². The zero-order valence-electron chi connectivity index (χ0n) is 12.6. The van der Waals surface area contributed by atoms with Crippen molar-refractivity contribution in [1.82, 2.24) is 4.57 Å². The van der Waals surface area contributed by atoms with Crippen molar-refractivity contribution in [2.24, 2.45) is 0 Å². The second-order valence-corrected chi connectivity index (χ2v) is 5.23. The van der Waals surface area contributed by atoms with Gasteiger partial charge < -0.3 is 9.30 Å². The number of carbonyl (C=O) groups excluding carboxylic acids is 1. The molecule has 0 aliphatic rings. The standard InChI is InChI=1S/C17H23NO2/c1-4-10-20-17(19)11-14-12-18(13(3)5-2)16-9-7-6-8-15(14)16/h6-9,12-13H,4-5,10-11H2,1-3H3. The van der Waals surface area contributed by atoms with Crippen molar-refractivity contribution in [3.05, 3.63) is 36.0 Å². The molecule has 1 aromatic carbocycles. The van der Waals surface area contributed by atoms with E-state index in [4.69, 9.17) is 4.74 Å². The van der Waals surface area contributed by atoms with E-state index in [2.05, 4.69) is 36.7 Å². The van der Waals surface area contributed by atoms with Crippen molar-refractivity contribution in [2.45, 2.75) is 46.1 Å². The minimum absolute atomic E-state index is 0.140. The summed E-state index contributed by atoms with van der Waals surface area (Å²) in [6.45, 7) is 6.88. The number of para-hydroxylation sites is 1. The molecule has 0 radical (unpaired) electrons. The first-order valence-electron chi connectivity index (χ1n) is 7.41. The number of nitrogens with zero attached hydrogens (tertiary/aromatic N) is 1. The van der Waals surface area contributed by atoms with Crippen LogP contribution < -0.4 is 0 Å². The van der Waals surface area contributed by atoms with E-state index in [1.54, 1.807) is 0 Å². The van der Waals surface area contributed by atoms with Crippen molar-refractivity contribution >= 4 is 16.9 Å². The molecule has 0 spiro atoms. The Morgan fingerprint density at radius 2 is 2.05 bits per heavy atom. The maximum absolute atomic E-state index is 11.8. The van der Waals surface area contributed by atoms with Crippen molar-refractivity contribution in [2.75, 3.05) is 6.61 Å². The lowest BCUT2D eigenvalue weighted by atomic mass is 10.1. The molecule has 0 saturated carbocycles. The van der Waals surface area contributed by atoms with E-state index in [1.165, 1.54) is 5.52 Å². The Morgan fingerprint density at radius 1 is 1.30 bits per heavy atom. The highest BCUT2D eigenvalue weighted by atomic mass is 16.5. The monoisotopic (exact) mass is 273 g/mol. The molecule has 3 heteroatoms. The lowest BCUT2D eigenvalue weighted by molar-refractivity contribution is -0.142. The Labute approximate surface area is 120 Å². The summed E-state index contributed by atoms with van der Waals surface area (Å²) in [7, 11) is 0. The summed E-state index contributed by atoms with van der Waals surface area (Å²) in [6.07, 6.45) is 4.38. The third-order valence-electron chi connectivity index (χ3n) is 3.69. The predicted octanol–water partition coefficient (Wildman–Crippen LogP) is 4.11. The minimum Gasteiger partial charge on any atom is -0.465 e. The Morgan fingerprint density at radius 3 is 2.75 bits per heavy atom. The molecule has 0 aliphatic carbocycles. The molecular weight excluding hydrogens is 250 g/mol. The maximum Gasteiger partial charge on any atom is 0.310 e. The summed E-state index contributed by atoms with van der Waals surface area (Å²) in [4.78, 5) is 11.8. The highest BCUT2D eigenvalue weighted by Gasteiger charge is 2.14. The third-order valence-corrected chi connectivity index (χ3v) is 3.69. The minimum atomic E-state index is -0.140. The molecule has 108 valence electrons. The number of rotatable bonds is 6. The third kappa shape index (κ3) is 3.03. The van der Waals surface area contributed by atoms with Crippen LogP contribution in [0, 0.1) is 0 Å². The van der Waals surface area contributed by atoms with E-state index in [0.29, 0.717) is 19.1 Å². The number of aromatic nitrogens is 1. The number of esters is 1. The lowest BCUT2D eigenvalue weighted by Crippen LogP contribution is -2.08. The van der Waals surface area contributed by atoms with E-state index in [-0.39, 0.29) is 5.97 Å². The van der Waals surface area contributed by atoms with E-state index < -0.39 is 0 Å². The molecule has 0 N–H and O–H groups in total. The largest absolute Gasteiger partial charge is 0.465 e. The molecule has 0 amide bonds. The van der Waals surface area contributed by atoms with Crippen LogP contribution >= 0.6 is 0 Å². The van der Waals surface area contributed by atoms with Crippen LogP contribution in [0.3, 0.4) is 0 Å². The molecule has 2 aromatic rings. The SMILES string of the molecule is CCCOC(=O)Cc1cn(C(C)CC)c2ccccc12. The maximum atomic E-state index is 11.8. The molecular formula is C17H23NO2. The average Bonchev–Trinajstić information content (AvgIpc) is 2.83. The Kier molecular flexibility index (Phi) is 4.83. The highest BCUT2D eigenvalue weighted by molar-refractivity contribution is 5.88. The summed E-state index contributed by atoms with van der Waals surface area (Å²) >= 11 is 0. The predicted molar refractivity (Wildman–Crippen MR) is 81.9 cm³/mol. The number of carbonyl (C=O) groups is 1. The molecule has 1 atom stereocenters. The quantitative estimate of drug-likeness (QED) is 0.742. The van der Waals surface area contributed by atoms with Gasteiger partial charge in [0.05, 0.1) is 13.0 Å². The summed E-state index contributed by atoms with van der Waals surface area (Å²) < 4.78 is 7.45. The fourth-order valence-electron chi connectivity index (χ4n) is 2.40. The van der Waals surface area contributed by atoms with Crippen LogP contribution in [0.15, 0.2) is 30.5 Å². The van der Waals surface area contributed by atoms with Crippen molar-refractivity contribution in [3.8, 4) is 0 Å². The van der Waals surface area contributed by atoms with Crippen LogP contribution in [0.4, 0.5) is 0 Å². The van der Waals surface area contributed by atoms with Crippen molar-refractivity contribution in [3.63, 3.8) is 0 Å². The molecule has 3 nitrogen and oxygen atoms in total. The van der Waals surface area contributed by atoms with Gasteiger partial charge in [-0.15, -0.1) is 0 Å². The summed E-state index contributed by atoms with van der Waals surface area (Å²) in [5.41, 5.74) is 2.25. The fourth-order valence-corrected chi connectivity index (χ4v) is 2.40. The van der Waals surface area contributed by atoms with Gasteiger partial charge in [0.25, 0.3) is 0 Å². The summed E-state index contributed by atoms with van der Waals surface area (Å²) in [5, 5.41) is 1.15. The van der Waals surface area contributed by atoms with Crippen LogP contribution in [-0.2, 0) is 16.0 Å². The number of hydrogen-bond acceptors (Lipinski definition) is 2. The van der Waals surface area contributed by atoms with Crippen LogP contribution in [0.25, 0.3) is 10.9 Å². The number of hydrogen-bond donors (Lipinski definition) is 0. The van der Waals surface area contributed by atoms with E-state index in [0.717, 1.165) is 23.8 Å². The zero-order valence-corrected chi connectivity index (χ0v) is 12.6. The molecule has 1 heterocycles. The molecule has 1 aromatic heterocycles. The van der Waals surface area contributed by atoms with Gasteiger partial charge in [0.15, 0.2) is 0 Å². The lowest BCUT2D eigenvalue weighted by Gasteiger charge is -2.12. The van der Waals surface area contributed by atoms with Crippen LogP contribution in [-0.4, -0.2) is 17.1 Å². The van der Waals surface area contributed by atoms with Gasteiger partial charge in [-0.2, -0.15) is 0 Å². The Bertz CT molecular complexity index is 586. The molecule has 2 rings (SSSR count). The van der Waals surface area contributed by atoms with E-state index >= 15 is 0 Å². The van der Waals surface area contributed by atoms with Gasteiger partial charge in [-0.05, 0) is 31.4 Å². The average molecular weight is 273 g/mol. The fraction of sp³-hybridized carbons (Fsp3) is 0.471.